The van der Waals surface area contributed by atoms with Crippen molar-refractivity contribution in [2.24, 2.45) is 5.92 Å². The van der Waals surface area contributed by atoms with Crippen molar-refractivity contribution in [2.45, 2.75) is 31.7 Å². The van der Waals surface area contributed by atoms with Crippen LogP contribution >= 0.6 is 0 Å². The van der Waals surface area contributed by atoms with Gasteiger partial charge in [-0.15, -0.1) is 0 Å². The number of carbonyl (C=O) groups excluding carboxylic acids is 1. The summed E-state index contributed by atoms with van der Waals surface area (Å²) in [6.07, 6.45) is 4.81. The van der Waals surface area contributed by atoms with E-state index in [9.17, 15) is 4.79 Å². The lowest BCUT2D eigenvalue weighted by Gasteiger charge is -2.23. The normalized spacial score (nSPS) is 23.1. The van der Waals surface area contributed by atoms with Crippen LogP contribution in [0, 0.1) is 5.92 Å². The lowest BCUT2D eigenvalue weighted by Crippen LogP contribution is -2.36. The SMILES string of the molecule is COc1cccc(-c2cc(C(=O)N3CC[C@@H]4CCC[C@@H]43)[nH]n2)c1. The maximum absolute atomic E-state index is 12.8. The largest absolute Gasteiger partial charge is 0.497 e. The third-order valence-electron chi connectivity index (χ3n) is 5.19. The molecule has 120 valence electrons. The Balaban J connectivity index is 1.56. The molecule has 0 unspecified atom stereocenters. The van der Waals surface area contributed by atoms with Gasteiger partial charge in [-0.3, -0.25) is 9.89 Å². The van der Waals surface area contributed by atoms with Crippen molar-refractivity contribution in [3.63, 3.8) is 0 Å². The third kappa shape index (κ3) is 2.50. The van der Waals surface area contributed by atoms with Crippen molar-refractivity contribution in [3.8, 4) is 17.0 Å². The first kappa shape index (κ1) is 14.3. The zero-order valence-corrected chi connectivity index (χ0v) is 13.3. The zero-order valence-electron chi connectivity index (χ0n) is 13.3. The Bertz CT molecular complexity index is 725. The van der Waals surface area contributed by atoms with Gasteiger partial charge in [0.1, 0.15) is 11.4 Å². The van der Waals surface area contributed by atoms with Gasteiger partial charge in [0.2, 0.25) is 0 Å². The third-order valence-corrected chi connectivity index (χ3v) is 5.19. The molecule has 1 aliphatic carbocycles. The topological polar surface area (TPSA) is 58.2 Å². The molecule has 23 heavy (non-hydrogen) atoms. The van der Waals surface area contributed by atoms with Gasteiger partial charge in [0.15, 0.2) is 0 Å². The molecule has 0 bridgehead atoms. The van der Waals surface area contributed by atoms with Gasteiger partial charge in [-0.2, -0.15) is 5.10 Å². The standard InChI is InChI=1S/C18H21N3O2/c1-23-14-6-2-5-13(10-14)15-11-16(20-19-15)18(22)21-9-8-12-4-3-7-17(12)21/h2,5-6,10-12,17H,3-4,7-9H2,1H3,(H,19,20)/t12-,17-/m0/s1. The fourth-order valence-corrected chi connectivity index (χ4v) is 4.00. The molecule has 1 aromatic heterocycles. The molecule has 1 saturated carbocycles. The van der Waals surface area contributed by atoms with Crippen LogP contribution < -0.4 is 4.74 Å². The summed E-state index contributed by atoms with van der Waals surface area (Å²) in [5.74, 6) is 1.58. The molecule has 2 fully saturated rings. The minimum absolute atomic E-state index is 0.0843. The van der Waals surface area contributed by atoms with Gasteiger partial charge in [-0.25, -0.2) is 0 Å². The van der Waals surface area contributed by atoms with Crippen LogP contribution in [0.3, 0.4) is 0 Å². The van der Waals surface area contributed by atoms with Crippen molar-refractivity contribution in [2.75, 3.05) is 13.7 Å². The number of hydrogen-bond acceptors (Lipinski definition) is 3. The monoisotopic (exact) mass is 311 g/mol. The first-order chi connectivity index (χ1) is 11.3. The van der Waals surface area contributed by atoms with Gasteiger partial charge >= 0.3 is 0 Å². The summed E-state index contributed by atoms with van der Waals surface area (Å²) in [6, 6.07) is 9.99. The fourth-order valence-electron chi connectivity index (χ4n) is 4.00. The maximum Gasteiger partial charge on any atom is 0.272 e. The molecule has 4 rings (SSSR count). The molecular weight excluding hydrogens is 290 g/mol. The van der Waals surface area contributed by atoms with Gasteiger partial charge in [-0.05, 0) is 43.4 Å². The molecule has 2 aromatic rings. The summed E-state index contributed by atoms with van der Waals surface area (Å²) in [5, 5.41) is 7.23. The van der Waals surface area contributed by atoms with E-state index in [0.29, 0.717) is 17.7 Å². The Hall–Kier alpha value is -2.30. The zero-order chi connectivity index (χ0) is 15.8. The first-order valence-electron chi connectivity index (χ1n) is 8.27. The highest BCUT2D eigenvalue weighted by Crippen LogP contribution is 2.38. The summed E-state index contributed by atoms with van der Waals surface area (Å²) in [6.45, 7) is 0.877. The molecule has 5 heteroatoms. The van der Waals surface area contributed by atoms with Crippen LogP contribution in [-0.2, 0) is 0 Å². The summed E-state index contributed by atoms with van der Waals surface area (Å²) in [7, 11) is 1.64. The molecule has 2 heterocycles. The van der Waals surface area contributed by atoms with E-state index >= 15 is 0 Å². The van der Waals surface area contributed by atoms with Crippen LogP contribution in [0.5, 0.6) is 5.75 Å². The van der Waals surface area contributed by atoms with Crippen molar-refractivity contribution in [1.82, 2.24) is 15.1 Å². The Labute approximate surface area is 135 Å². The second kappa shape index (κ2) is 5.72. The number of nitrogens with one attached hydrogen (secondary N) is 1. The van der Waals surface area contributed by atoms with Crippen LogP contribution in [0.4, 0.5) is 0 Å². The molecule has 5 nitrogen and oxygen atoms in total. The fraction of sp³-hybridized carbons (Fsp3) is 0.444. The Morgan fingerprint density at radius 2 is 2.22 bits per heavy atom. The van der Waals surface area contributed by atoms with E-state index < -0.39 is 0 Å². The Kier molecular flexibility index (Phi) is 3.56. The molecular formula is C18H21N3O2. The number of fused-ring (bicyclic) bond motifs is 1. The van der Waals surface area contributed by atoms with E-state index in [2.05, 4.69) is 10.2 Å². The molecule has 1 aromatic carbocycles. The number of rotatable bonds is 3. The van der Waals surface area contributed by atoms with E-state index in [1.165, 1.54) is 12.8 Å². The number of aromatic amines is 1. The summed E-state index contributed by atoms with van der Waals surface area (Å²) < 4.78 is 5.25. The second-order valence-corrected chi connectivity index (χ2v) is 6.44. The molecule has 1 N–H and O–H groups in total. The lowest BCUT2D eigenvalue weighted by atomic mass is 10.0. The summed E-state index contributed by atoms with van der Waals surface area (Å²) in [4.78, 5) is 14.8. The van der Waals surface area contributed by atoms with E-state index in [4.69, 9.17) is 4.74 Å². The van der Waals surface area contributed by atoms with Crippen molar-refractivity contribution in [3.05, 3.63) is 36.0 Å². The van der Waals surface area contributed by atoms with Crippen molar-refractivity contribution in [1.29, 1.82) is 0 Å². The predicted molar refractivity (Wildman–Crippen MR) is 87.4 cm³/mol. The number of amides is 1. The van der Waals surface area contributed by atoms with Crippen molar-refractivity contribution < 1.29 is 9.53 Å². The number of benzene rings is 1. The number of H-pyrrole nitrogens is 1. The van der Waals surface area contributed by atoms with Crippen LogP contribution in [-0.4, -0.2) is 40.7 Å². The Morgan fingerprint density at radius 3 is 3.09 bits per heavy atom. The van der Waals surface area contributed by atoms with Gasteiger partial charge in [0, 0.05) is 18.2 Å². The van der Waals surface area contributed by atoms with Crippen LogP contribution in [0.2, 0.25) is 0 Å². The smallest absolute Gasteiger partial charge is 0.272 e. The van der Waals surface area contributed by atoms with E-state index in [1.54, 1.807) is 7.11 Å². The minimum Gasteiger partial charge on any atom is -0.497 e. The number of hydrogen-bond donors (Lipinski definition) is 1. The van der Waals surface area contributed by atoms with Crippen LogP contribution in [0.15, 0.2) is 30.3 Å². The molecule has 0 spiro atoms. The Morgan fingerprint density at radius 1 is 1.30 bits per heavy atom. The van der Waals surface area contributed by atoms with E-state index in [1.807, 2.05) is 35.2 Å². The lowest BCUT2D eigenvalue weighted by molar-refractivity contribution is 0.0723. The average molecular weight is 311 g/mol. The highest BCUT2D eigenvalue weighted by molar-refractivity contribution is 5.93. The van der Waals surface area contributed by atoms with Gasteiger partial charge in [0.25, 0.3) is 5.91 Å². The number of aromatic nitrogens is 2. The molecule has 1 amide bonds. The van der Waals surface area contributed by atoms with Crippen LogP contribution in [0.25, 0.3) is 11.3 Å². The van der Waals surface area contributed by atoms with Gasteiger partial charge < -0.3 is 9.64 Å². The van der Waals surface area contributed by atoms with Gasteiger partial charge in [0.05, 0.1) is 12.8 Å². The highest BCUT2D eigenvalue weighted by atomic mass is 16.5. The quantitative estimate of drug-likeness (QED) is 0.947. The number of likely N-dealkylation sites (tertiary alicyclic amines) is 1. The molecule has 1 saturated heterocycles. The second-order valence-electron chi connectivity index (χ2n) is 6.44. The highest BCUT2D eigenvalue weighted by Gasteiger charge is 2.40. The molecule has 1 aliphatic heterocycles. The molecule has 2 atom stereocenters. The summed E-state index contributed by atoms with van der Waals surface area (Å²) in [5.41, 5.74) is 2.30. The maximum atomic E-state index is 12.8. The van der Waals surface area contributed by atoms with E-state index in [-0.39, 0.29) is 5.91 Å². The number of carbonyl (C=O) groups is 1. The van der Waals surface area contributed by atoms with Crippen molar-refractivity contribution >= 4 is 5.91 Å². The number of ether oxygens (including phenoxy) is 1. The average Bonchev–Trinajstić information content (AvgIpc) is 3.30. The van der Waals surface area contributed by atoms with E-state index in [0.717, 1.165) is 36.4 Å². The minimum atomic E-state index is 0.0843. The van der Waals surface area contributed by atoms with Gasteiger partial charge in [-0.1, -0.05) is 18.6 Å². The van der Waals surface area contributed by atoms with Crippen LogP contribution in [0.1, 0.15) is 36.2 Å². The molecule has 2 aliphatic rings. The first-order valence-corrected chi connectivity index (χ1v) is 8.27. The predicted octanol–water partition coefficient (Wildman–Crippen LogP) is 3.10. The number of nitrogens with zero attached hydrogens (tertiary/aromatic N) is 2. The molecule has 0 radical (unpaired) electrons. The summed E-state index contributed by atoms with van der Waals surface area (Å²) >= 11 is 0. The number of methoxy groups -OCH3 is 1.